The lowest BCUT2D eigenvalue weighted by Crippen LogP contribution is -1.77. The summed E-state index contributed by atoms with van der Waals surface area (Å²) in [4.78, 5) is 0. The molecule has 0 aliphatic rings. The second kappa shape index (κ2) is 2.92. The normalized spacial score (nSPS) is 10.4. The van der Waals surface area contributed by atoms with Gasteiger partial charge in [-0.25, -0.2) is 0 Å². The van der Waals surface area contributed by atoms with Gasteiger partial charge >= 0.3 is 0 Å². The van der Waals surface area contributed by atoms with Crippen LogP contribution in [0.4, 0.5) is 0 Å². The molecule has 0 atom stereocenters. The Kier molecular flexibility index (Phi) is 1.95. The number of rotatable bonds is 1. The van der Waals surface area contributed by atoms with Gasteiger partial charge in [-0.05, 0) is 18.3 Å². The standard InChI is InChI=1S/C8H9NO/c9-6-5-7-3-1-2-4-8(7)10/h1-6,10H,9H2. The lowest BCUT2D eigenvalue weighted by atomic mass is 10.2. The molecule has 1 rings (SSSR count). The van der Waals surface area contributed by atoms with Gasteiger partial charge in [0.05, 0.1) is 0 Å². The second-order valence-electron chi connectivity index (χ2n) is 1.92. The van der Waals surface area contributed by atoms with Crippen molar-refractivity contribution in [2.24, 2.45) is 5.73 Å². The van der Waals surface area contributed by atoms with Gasteiger partial charge in [-0.15, -0.1) is 0 Å². The molecule has 0 saturated heterocycles. The number of hydrogen-bond acceptors (Lipinski definition) is 2. The van der Waals surface area contributed by atoms with Crippen molar-refractivity contribution in [3.63, 3.8) is 0 Å². The van der Waals surface area contributed by atoms with E-state index in [2.05, 4.69) is 0 Å². The van der Waals surface area contributed by atoms with Gasteiger partial charge in [0.25, 0.3) is 0 Å². The molecule has 0 bridgehead atoms. The van der Waals surface area contributed by atoms with Crippen molar-refractivity contribution in [2.75, 3.05) is 0 Å². The molecule has 2 heteroatoms. The van der Waals surface area contributed by atoms with E-state index in [-0.39, 0.29) is 5.75 Å². The molecule has 1 aromatic rings. The van der Waals surface area contributed by atoms with Crippen molar-refractivity contribution in [3.8, 4) is 5.75 Å². The Bertz CT molecular complexity index is 243. The average molecular weight is 135 g/mol. The van der Waals surface area contributed by atoms with Gasteiger partial charge in [0.15, 0.2) is 0 Å². The summed E-state index contributed by atoms with van der Waals surface area (Å²) < 4.78 is 0. The van der Waals surface area contributed by atoms with E-state index in [4.69, 9.17) is 10.8 Å². The summed E-state index contributed by atoms with van der Waals surface area (Å²) in [5.74, 6) is 0.254. The minimum atomic E-state index is 0.254. The minimum Gasteiger partial charge on any atom is -0.507 e. The predicted molar refractivity (Wildman–Crippen MR) is 41.3 cm³/mol. The number of para-hydroxylation sites is 1. The summed E-state index contributed by atoms with van der Waals surface area (Å²) in [5, 5.41) is 9.13. The summed E-state index contributed by atoms with van der Waals surface area (Å²) in [6.07, 6.45) is 3.05. The fourth-order valence-electron chi connectivity index (χ4n) is 0.732. The maximum absolute atomic E-state index is 9.13. The van der Waals surface area contributed by atoms with Crippen LogP contribution in [0, 0.1) is 0 Å². The maximum atomic E-state index is 9.13. The topological polar surface area (TPSA) is 46.2 Å². The molecule has 0 radical (unpaired) electrons. The van der Waals surface area contributed by atoms with Gasteiger partial charge in [0.1, 0.15) is 5.75 Å². The molecular weight excluding hydrogens is 126 g/mol. The molecule has 0 unspecified atom stereocenters. The third-order valence-electron chi connectivity index (χ3n) is 1.21. The van der Waals surface area contributed by atoms with E-state index in [9.17, 15) is 0 Å². The van der Waals surface area contributed by atoms with Crippen molar-refractivity contribution in [1.29, 1.82) is 0 Å². The average Bonchev–Trinajstić information content (AvgIpc) is 1.94. The van der Waals surface area contributed by atoms with Crippen LogP contribution in [0.2, 0.25) is 0 Å². The SMILES string of the molecule is NC=Cc1ccccc1O. The zero-order valence-corrected chi connectivity index (χ0v) is 5.49. The Morgan fingerprint density at radius 2 is 2.00 bits per heavy atom. The van der Waals surface area contributed by atoms with Crippen molar-refractivity contribution in [2.45, 2.75) is 0 Å². The van der Waals surface area contributed by atoms with Crippen LogP contribution in [0.15, 0.2) is 30.5 Å². The minimum absolute atomic E-state index is 0.254. The highest BCUT2D eigenvalue weighted by molar-refractivity contribution is 5.55. The Labute approximate surface area is 59.6 Å². The zero-order valence-electron chi connectivity index (χ0n) is 5.49. The number of phenolic OH excluding ortho intramolecular Hbond substituents is 1. The smallest absolute Gasteiger partial charge is 0.122 e. The van der Waals surface area contributed by atoms with Gasteiger partial charge in [0, 0.05) is 5.56 Å². The van der Waals surface area contributed by atoms with E-state index >= 15 is 0 Å². The van der Waals surface area contributed by atoms with Crippen LogP contribution < -0.4 is 5.73 Å². The molecule has 0 spiro atoms. The molecule has 2 nitrogen and oxygen atoms in total. The highest BCUT2D eigenvalue weighted by Gasteiger charge is 1.91. The van der Waals surface area contributed by atoms with Crippen LogP contribution in [-0.2, 0) is 0 Å². The van der Waals surface area contributed by atoms with Gasteiger partial charge in [-0.2, -0.15) is 0 Å². The molecule has 3 N–H and O–H groups in total. The molecular formula is C8H9NO. The van der Waals surface area contributed by atoms with E-state index in [0.29, 0.717) is 0 Å². The predicted octanol–water partition coefficient (Wildman–Crippen LogP) is 1.32. The van der Waals surface area contributed by atoms with E-state index < -0.39 is 0 Å². The number of aromatic hydroxyl groups is 1. The fourth-order valence-corrected chi connectivity index (χ4v) is 0.732. The second-order valence-corrected chi connectivity index (χ2v) is 1.92. The van der Waals surface area contributed by atoms with Gasteiger partial charge < -0.3 is 10.8 Å². The highest BCUT2D eigenvalue weighted by Crippen LogP contribution is 2.15. The summed E-state index contributed by atoms with van der Waals surface area (Å²) in [5.41, 5.74) is 5.88. The van der Waals surface area contributed by atoms with Crippen LogP contribution in [0.25, 0.3) is 6.08 Å². The quantitative estimate of drug-likeness (QED) is 0.610. The van der Waals surface area contributed by atoms with Crippen LogP contribution in [0.3, 0.4) is 0 Å². The Morgan fingerprint density at radius 1 is 1.30 bits per heavy atom. The van der Waals surface area contributed by atoms with Gasteiger partial charge in [0.2, 0.25) is 0 Å². The number of nitrogens with two attached hydrogens (primary N) is 1. The van der Waals surface area contributed by atoms with Crippen LogP contribution in [0.5, 0.6) is 5.75 Å². The molecule has 0 amide bonds. The number of phenols is 1. The van der Waals surface area contributed by atoms with Crippen LogP contribution in [-0.4, -0.2) is 5.11 Å². The van der Waals surface area contributed by atoms with E-state index in [1.807, 2.05) is 6.07 Å². The largest absolute Gasteiger partial charge is 0.507 e. The Balaban J connectivity index is 3.03. The van der Waals surface area contributed by atoms with E-state index in [1.54, 1.807) is 24.3 Å². The third-order valence-corrected chi connectivity index (χ3v) is 1.21. The summed E-state index contributed by atoms with van der Waals surface area (Å²) in [6.45, 7) is 0. The van der Waals surface area contributed by atoms with Gasteiger partial charge in [-0.3, -0.25) is 0 Å². The molecule has 0 aliphatic heterocycles. The first kappa shape index (κ1) is 6.68. The van der Waals surface area contributed by atoms with Crippen LogP contribution in [0.1, 0.15) is 5.56 Å². The molecule has 0 heterocycles. The summed E-state index contributed by atoms with van der Waals surface area (Å²) in [6, 6.07) is 7.02. The molecule has 0 fully saturated rings. The van der Waals surface area contributed by atoms with E-state index in [1.165, 1.54) is 6.20 Å². The molecule has 0 aliphatic carbocycles. The van der Waals surface area contributed by atoms with Gasteiger partial charge in [-0.1, -0.05) is 18.2 Å². The first-order chi connectivity index (χ1) is 4.84. The molecule has 0 aromatic heterocycles. The molecule has 10 heavy (non-hydrogen) atoms. The van der Waals surface area contributed by atoms with Crippen molar-refractivity contribution in [3.05, 3.63) is 36.0 Å². The molecule has 0 saturated carbocycles. The molecule has 1 aromatic carbocycles. The van der Waals surface area contributed by atoms with Crippen molar-refractivity contribution in [1.82, 2.24) is 0 Å². The van der Waals surface area contributed by atoms with E-state index in [0.717, 1.165) is 5.56 Å². The zero-order chi connectivity index (χ0) is 7.40. The first-order valence-corrected chi connectivity index (χ1v) is 3.01. The van der Waals surface area contributed by atoms with Crippen LogP contribution >= 0.6 is 0 Å². The highest BCUT2D eigenvalue weighted by atomic mass is 16.3. The monoisotopic (exact) mass is 135 g/mol. The fraction of sp³-hybridized carbons (Fsp3) is 0. The summed E-state index contributed by atoms with van der Waals surface area (Å²) >= 11 is 0. The molecule has 52 valence electrons. The Morgan fingerprint density at radius 3 is 2.60 bits per heavy atom. The number of benzene rings is 1. The lowest BCUT2D eigenvalue weighted by molar-refractivity contribution is 0.474. The third kappa shape index (κ3) is 1.29. The Hall–Kier alpha value is -1.44. The maximum Gasteiger partial charge on any atom is 0.122 e. The summed E-state index contributed by atoms with van der Waals surface area (Å²) in [7, 11) is 0. The van der Waals surface area contributed by atoms with Crippen molar-refractivity contribution < 1.29 is 5.11 Å². The lowest BCUT2D eigenvalue weighted by Gasteiger charge is -1.94. The van der Waals surface area contributed by atoms with Crippen molar-refractivity contribution >= 4 is 6.08 Å². The number of hydrogen-bond donors (Lipinski definition) is 2. The first-order valence-electron chi connectivity index (χ1n) is 3.01.